The fraction of sp³-hybridized carbons (Fsp3) is 0.706. The van der Waals surface area contributed by atoms with E-state index in [-0.39, 0.29) is 5.91 Å². The molecule has 0 radical (unpaired) electrons. The molecule has 0 spiro atoms. The molecule has 0 aromatic carbocycles. The Hall–Kier alpha value is -0.960. The van der Waals surface area contributed by atoms with Gasteiger partial charge >= 0.3 is 0 Å². The van der Waals surface area contributed by atoms with Crippen molar-refractivity contribution in [3.05, 3.63) is 17.0 Å². The van der Waals surface area contributed by atoms with Crippen molar-refractivity contribution in [2.45, 2.75) is 37.8 Å². The van der Waals surface area contributed by atoms with Gasteiger partial charge in [0, 0.05) is 44.0 Å². The Morgan fingerprint density at radius 3 is 2.28 bits per heavy atom. The first kappa shape index (κ1) is 20.4. The van der Waals surface area contributed by atoms with Gasteiger partial charge in [-0.05, 0) is 31.6 Å². The fourth-order valence-corrected chi connectivity index (χ4v) is 5.82. The predicted molar refractivity (Wildman–Crippen MR) is 101 cm³/mol. The van der Waals surface area contributed by atoms with Gasteiger partial charge in [-0.3, -0.25) is 4.79 Å². The molecule has 1 saturated heterocycles. The second-order valence-corrected chi connectivity index (χ2v) is 9.47. The summed E-state index contributed by atoms with van der Waals surface area (Å²) in [7, 11) is -3.43. The van der Waals surface area contributed by atoms with Crippen LogP contribution in [0.5, 0.6) is 0 Å². The maximum atomic E-state index is 12.7. The second kappa shape index (κ2) is 9.12. The molecule has 0 N–H and O–H groups in total. The van der Waals surface area contributed by atoms with Crippen LogP contribution in [0, 0.1) is 0 Å². The van der Waals surface area contributed by atoms with Gasteiger partial charge in [0.2, 0.25) is 5.91 Å². The smallest absolute Gasteiger partial charge is 0.252 e. The lowest BCUT2D eigenvalue weighted by Crippen LogP contribution is -2.50. The maximum Gasteiger partial charge on any atom is 0.252 e. The monoisotopic (exact) mass is 387 g/mol. The van der Waals surface area contributed by atoms with Gasteiger partial charge < -0.3 is 9.80 Å². The fourth-order valence-electron chi connectivity index (χ4n) is 2.94. The molecule has 6 nitrogen and oxygen atoms in total. The number of amides is 1. The largest absolute Gasteiger partial charge is 0.340 e. The van der Waals surface area contributed by atoms with Crippen LogP contribution < -0.4 is 0 Å². The van der Waals surface area contributed by atoms with Gasteiger partial charge in [-0.25, -0.2) is 8.42 Å². The Morgan fingerprint density at radius 2 is 1.76 bits per heavy atom. The van der Waals surface area contributed by atoms with Crippen LogP contribution >= 0.6 is 11.3 Å². The van der Waals surface area contributed by atoms with E-state index in [1.807, 2.05) is 13.0 Å². The van der Waals surface area contributed by atoms with Gasteiger partial charge in [0.05, 0.1) is 0 Å². The highest BCUT2D eigenvalue weighted by molar-refractivity contribution is 7.91. The molecule has 1 aliphatic rings. The zero-order valence-corrected chi connectivity index (χ0v) is 17.0. The van der Waals surface area contributed by atoms with Gasteiger partial charge in [0.15, 0.2) is 0 Å². The molecule has 0 aliphatic carbocycles. The molecule has 1 amide bonds. The average Bonchev–Trinajstić information content (AvgIpc) is 3.12. The number of piperazine rings is 1. The molecule has 0 unspecified atom stereocenters. The third-order valence-corrected chi connectivity index (χ3v) is 8.30. The van der Waals surface area contributed by atoms with E-state index in [9.17, 15) is 13.2 Å². The molecule has 2 rings (SSSR count). The minimum absolute atomic E-state index is 0.119. The van der Waals surface area contributed by atoms with E-state index in [2.05, 4.69) is 18.7 Å². The highest BCUT2D eigenvalue weighted by atomic mass is 32.2. The number of carbonyl (C=O) groups excluding carboxylic acids is 1. The zero-order valence-electron chi connectivity index (χ0n) is 15.4. The number of carbonyl (C=O) groups is 1. The molecular formula is C17H29N3O3S2. The lowest BCUT2D eigenvalue weighted by Gasteiger charge is -2.34. The predicted octanol–water partition coefficient (Wildman–Crippen LogP) is 1.88. The quantitative estimate of drug-likeness (QED) is 0.683. The number of hydrogen-bond acceptors (Lipinski definition) is 5. The standard InChI is InChI=1S/C17H29N3O3S2/c1-4-15-7-8-17(24-15)25(22,23)20-13-11-19(12-14-20)16(21)9-10-18(5-2)6-3/h7-8H,4-6,9-14H2,1-3H3. The van der Waals surface area contributed by atoms with E-state index in [1.54, 1.807) is 11.0 Å². The van der Waals surface area contributed by atoms with Crippen LogP contribution in [0.15, 0.2) is 16.3 Å². The Kier molecular flexibility index (Phi) is 7.42. The SMILES string of the molecule is CCc1ccc(S(=O)(=O)N2CCN(C(=O)CCN(CC)CC)CC2)s1. The zero-order chi connectivity index (χ0) is 18.4. The van der Waals surface area contributed by atoms with Crippen LogP contribution in [-0.4, -0.2) is 74.2 Å². The van der Waals surface area contributed by atoms with Crippen molar-refractivity contribution in [2.75, 3.05) is 45.8 Å². The maximum absolute atomic E-state index is 12.7. The first-order valence-corrected chi connectivity index (χ1v) is 11.3. The van der Waals surface area contributed by atoms with E-state index in [0.29, 0.717) is 36.8 Å². The molecule has 1 aliphatic heterocycles. The van der Waals surface area contributed by atoms with Crippen molar-refractivity contribution in [2.24, 2.45) is 0 Å². The normalized spacial score (nSPS) is 16.6. The molecule has 8 heteroatoms. The molecule has 25 heavy (non-hydrogen) atoms. The van der Waals surface area contributed by atoms with Crippen molar-refractivity contribution in [3.8, 4) is 0 Å². The summed E-state index contributed by atoms with van der Waals surface area (Å²) in [6.45, 7) is 10.5. The molecule has 0 atom stereocenters. The summed E-state index contributed by atoms with van der Waals surface area (Å²) in [5, 5.41) is 0. The Labute approximate surface area is 155 Å². The number of nitrogens with zero attached hydrogens (tertiary/aromatic N) is 3. The lowest BCUT2D eigenvalue weighted by atomic mass is 10.3. The number of rotatable bonds is 8. The van der Waals surface area contributed by atoms with Crippen LogP contribution in [-0.2, 0) is 21.2 Å². The topological polar surface area (TPSA) is 60.9 Å². The summed E-state index contributed by atoms with van der Waals surface area (Å²) >= 11 is 1.34. The number of thiophene rings is 1. The summed E-state index contributed by atoms with van der Waals surface area (Å²) in [6.07, 6.45) is 1.34. The molecule has 0 bridgehead atoms. The molecule has 1 fully saturated rings. The second-order valence-electron chi connectivity index (χ2n) is 6.14. The lowest BCUT2D eigenvalue weighted by molar-refractivity contribution is -0.132. The highest BCUT2D eigenvalue weighted by Gasteiger charge is 2.31. The molecule has 142 valence electrons. The van der Waals surface area contributed by atoms with Crippen LogP contribution in [0.4, 0.5) is 0 Å². The number of sulfonamides is 1. The van der Waals surface area contributed by atoms with Crippen molar-refractivity contribution in [1.82, 2.24) is 14.1 Å². The van der Waals surface area contributed by atoms with Crippen molar-refractivity contribution < 1.29 is 13.2 Å². The van der Waals surface area contributed by atoms with Crippen LogP contribution in [0.1, 0.15) is 32.1 Å². The van der Waals surface area contributed by atoms with E-state index < -0.39 is 10.0 Å². The molecule has 1 aromatic heterocycles. The van der Waals surface area contributed by atoms with Crippen LogP contribution in [0.25, 0.3) is 0 Å². The first-order chi connectivity index (χ1) is 11.9. The molecule has 1 aromatic rings. The Bertz CT molecular complexity index is 660. The minimum atomic E-state index is -3.43. The average molecular weight is 388 g/mol. The highest BCUT2D eigenvalue weighted by Crippen LogP contribution is 2.26. The van der Waals surface area contributed by atoms with Crippen LogP contribution in [0.2, 0.25) is 0 Å². The summed E-state index contributed by atoms with van der Waals surface area (Å²) in [5.41, 5.74) is 0. The number of aryl methyl sites for hydroxylation is 1. The third kappa shape index (κ3) is 5.03. The van der Waals surface area contributed by atoms with Gasteiger partial charge in [-0.2, -0.15) is 4.31 Å². The summed E-state index contributed by atoms with van der Waals surface area (Å²) in [5.74, 6) is 0.119. The van der Waals surface area contributed by atoms with E-state index >= 15 is 0 Å². The molecular weight excluding hydrogens is 358 g/mol. The Morgan fingerprint density at radius 1 is 1.12 bits per heavy atom. The van der Waals surface area contributed by atoms with Crippen molar-refractivity contribution in [1.29, 1.82) is 0 Å². The van der Waals surface area contributed by atoms with Crippen molar-refractivity contribution in [3.63, 3.8) is 0 Å². The Balaban J connectivity index is 1.89. The summed E-state index contributed by atoms with van der Waals surface area (Å²) < 4.78 is 27.3. The van der Waals surface area contributed by atoms with Crippen LogP contribution in [0.3, 0.4) is 0 Å². The van der Waals surface area contributed by atoms with Crippen molar-refractivity contribution >= 4 is 27.3 Å². The van der Waals surface area contributed by atoms with Gasteiger partial charge in [0.25, 0.3) is 10.0 Å². The summed E-state index contributed by atoms with van der Waals surface area (Å²) in [4.78, 5) is 17.4. The van der Waals surface area contributed by atoms with Gasteiger partial charge in [-0.1, -0.05) is 20.8 Å². The van der Waals surface area contributed by atoms with E-state index in [4.69, 9.17) is 0 Å². The minimum Gasteiger partial charge on any atom is -0.340 e. The number of hydrogen-bond donors (Lipinski definition) is 0. The summed E-state index contributed by atoms with van der Waals surface area (Å²) in [6, 6.07) is 3.57. The third-order valence-electron chi connectivity index (χ3n) is 4.71. The molecule has 2 heterocycles. The van der Waals surface area contributed by atoms with Gasteiger partial charge in [-0.15, -0.1) is 11.3 Å². The van der Waals surface area contributed by atoms with E-state index in [1.165, 1.54) is 15.6 Å². The first-order valence-electron chi connectivity index (χ1n) is 9.01. The molecule has 0 saturated carbocycles. The van der Waals surface area contributed by atoms with E-state index in [0.717, 1.165) is 30.9 Å². The van der Waals surface area contributed by atoms with Gasteiger partial charge in [0.1, 0.15) is 4.21 Å².